The van der Waals surface area contributed by atoms with Gasteiger partial charge in [-0.15, -0.1) is 11.3 Å². The Labute approximate surface area is 120 Å². The number of thiazole rings is 1. The molecule has 1 amide bonds. The highest BCUT2D eigenvalue weighted by atomic mass is 32.1. The van der Waals surface area contributed by atoms with Crippen molar-refractivity contribution in [2.45, 2.75) is 32.6 Å². The molecule has 0 unspecified atom stereocenters. The van der Waals surface area contributed by atoms with E-state index in [1.165, 1.54) is 11.3 Å². The minimum absolute atomic E-state index is 0.0227. The number of nitrogens with zero attached hydrogens (tertiary/aromatic N) is 4. The van der Waals surface area contributed by atoms with Crippen molar-refractivity contribution in [1.29, 1.82) is 0 Å². The second kappa shape index (κ2) is 5.32. The largest absolute Gasteiger partial charge is 0.339 e. The van der Waals surface area contributed by atoms with Gasteiger partial charge in [0.25, 0.3) is 5.91 Å². The van der Waals surface area contributed by atoms with Crippen LogP contribution in [0.3, 0.4) is 0 Å². The minimum Gasteiger partial charge on any atom is -0.339 e. The molecule has 6 nitrogen and oxygen atoms in total. The fourth-order valence-corrected chi connectivity index (χ4v) is 3.02. The van der Waals surface area contributed by atoms with Crippen LogP contribution in [0.4, 0.5) is 0 Å². The maximum absolute atomic E-state index is 12.3. The van der Waals surface area contributed by atoms with Crippen LogP contribution in [0.15, 0.2) is 9.90 Å². The Bertz CT molecular complexity index is 613. The third kappa shape index (κ3) is 2.58. The first kappa shape index (κ1) is 13.2. The Balaban J connectivity index is 1.62. The van der Waals surface area contributed by atoms with Crippen LogP contribution in [-0.2, 0) is 0 Å². The number of carbonyl (C=O) groups excluding carboxylic acids is 1. The molecule has 0 bridgehead atoms. The van der Waals surface area contributed by atoms with Crippen LogP contribution in [0.1, 0.15) is 46.0 Å². The molecule has 1 aliphatic rings. The lowest BCUT2D eigenvalue weighted by Crippen LogP contribution is -2.38. The van der Waals surface area contributed by atoms with Gasteiger partial charge in [0.2, 0.25) is 5.89 Å². The maximum atomic E-state index is 12.3. The minimum atomic E-state index is 0.0227. The standard InChI is InChI=1S/C13H16N4O2S/c1-8-14-12(19-16-8)10-3-5-17(6-4-10)13(18)11-7-20-9(2)15-11/h7,10H,3-6H2,1-2H3. The normalized spacial score (nSPS) is 16.6. The molecule has 0 radical (unpaired) electrons. The second-order valence-corrected chi connectivity index (χ2v) is 6.06. The molecule has 106 valence electrons. The third-order valence-electron chi connectivity index (χ3n) is 3.51. The summed E-state index contributed by atoms with van der Waals surface area (Å²) in [5.41, 5.74) is 0.555. The molecule has 20 heavy (non-hydrogen) atoms. The number of likely N-dealkylation sites (tertiary alicyclic amines) is 1. The lowest BCUT2D eigenvalue weighted by Gasteiger charge is -2.29. The highest BCUT2D eigenvalue weighted by molar-refractivity contribution is 7.09. The van der Waals surface area contributed by atoms with E-state index in [9.17, 15) is 4.79 Å². The van der Waals surface area contributed by atoms with Crippen molar-refractivity contribution in [3.8, 4) is 0 Å². The average Bonchev–Trinajstić information content (AvgIpc) is 3.07. The Kier molecular flexibility index (Phi) is 3.52. The smallest absolute Gasteiger partial charge is 0.273 e. The van der Waals surface area contributed by atoms with Crippen LogP contribution >= 0.6 is 11.3 Å². The van der Waals surface area contributed by atoms with Crippen LogP contribution in [0, 0.1) is 13.8 Å². The van der Waals surface area contributed by atoms with Crippen molar-refractivity contribution in [3.05, 3.63) is 27.8 Å². The van der Waals surface area contributed by atoms with E-state index in [-0.39, 0.29) is 11.8 Å². The van der Waals surface area contributed by atoms with Crippen molar-refractivity contribution < 1.29 is 9.32 Å². The van der Waals surface area contributed by atoms with E-state index in [1.54, 1.807) is 0 Å². The van der Waals surface area contributed by atoms with E-state index in [1.807, 2.05) is 24.1 Å². The summed E-state index contributed by atoms with van der Waals surface area (Å²) in [5, 5.41) is 6.57. The summed E-state index contributed by atoms with van der Waals surface area (Å²) < 4.78 is 5.21. The van der Waals surface area contributed by atoms with Gasteiger partial charge in [0, 0.05) is 24.4 Å². The summed E-state index contributed by atoms with van der Waals surface area (Å²) in [7, 11) is 0. The lowest BCUT2D eigenvalue weighted by molar-refractivity contribution is 0.0699. The molecule has 0 aromatic carbocycles. The molecule has 1 fully saturated rings. The van der Waals surface area contributed by atoms with Gasteiger partial charge >= 0.3 is 0 Å². The molecule has 1 aliphatic heterocycles. The molecule has 0 spiro atoms. The third-order valence-corrected chi connectivity index (χ3v) is 4.29. The van der Waals surface area contributed by atoms with Crippen LogP contribution < -0.4 is 0 Å². The highest BCUT2D eigenvalue weighted by Gasteiger charge is 2.28. The summed E-state index contributed by atoms with van der Waals surface area (Å²) in [6.45, 7) is 5.14. The van der Waals surface area contributed by atoms with E-state index in [0.717, 1.165) is 17.8 Å². The van der Waals surface area contributed by atoms with Gasteiger partial charge in [0.1, 0.15) is 5.69 Å². The number of rotatable bonds is 2. The fraction of sp³-hybridized carbons (Fsp3) is 0.538. The van der Waals surface area contributed by atoms with Gasteiger partial charge < -0.3 is 9.42 Å². The molecule has 1 saturated heterocycles. The number of carbonyl (C=O) groups is 1. The number of amides is 1. The van der Waals surface area contributed by atoms with E-state index < -0.39 is 0 Å². The summed E-state index contributed by atoms with van der Waals surface area (Å²) in [4.78, 5) is 22.7. The zero-order valence-corrected chi connectivity index (χ0v) is 12.3. The van der Waals surface area contributed by atoms with Gasteiger partial charge in [-0.05, 0) is 26.7 Å². The van der Waals surface area contributed by atoms with Crippen LogP contribution in [0.25, 0.3) is 0 Å². The lowest BCUT2D eigenvalue weighted by atomic mass is 9.96. The molecular formula is C13H16N4O2S. The van der Waals surface area contributed by atoms with Crippen LogP contribution in [-0.4, -0.2) is 39.0 Å². The van der Waals surface area contributed by atoms with Gasteiger partial charge in [-0.1, -0.05) is 5.16 Å². The first-order valence-corrected chi connectivity index (χ1v) is 7.53. The van der Waals surface area contributed by atoms with Gasteiger partial charge in [-0.3, -0.25) is 4.79 Å². The molecule has 3 rings (SSSR count). The summed E-state index contributed by atoms with van der Waals surface area (Å²) in [6.07, 6.45) is 1.72. The Morgan fingerprint density at radius 3 is 2.65 bits per heavy atom. The molecule has 0 N–H and O–H groups in total. The summed E-state index contributed by atoms with van der Waals surface area (Å²) in [5.74, 6) is 1.64. The van der Waals surface area contributed by atoms with Crippen molar-refractivity contribution in [2.75, 3.05) is 13.1 Å². The fourth-order valence-electron chi connectivity index (χ4n) is 2.43. The van der Waals surface area contributed by atoms with Crippen LogP contribution in [0.2, 0.25) is 0 Å². The van der Waals surface area contributed by atoms with Gasteiger partial charge in [-0.25, -0.2) is 4.98 Å². The quantitative estimate of drug-likeness (QED) is 0.848. The van der Waals surface area contributed by atoms with Crippen molar-refractivity contribution >= 4 is 17.2 Å². The van der Waals surface area contributed by atoms with Crippen molar-refractivity contribution in [2.24, 2.45) is 0 Å². The molecule has 2 aromatic heterocycles. The summed E-state index contributed by atoms with van der Waals surface area (Å²) in [6, 6.07) is 0. The first-order valence-electron chi connectivity index (χ1n) is 6.65. The van der Waals surface area contributed by atoms with E-state index >= 15 is 0 Å². The maximum Gasteiger partial charge on any atom is 0.273 e. The average molecular weight is 292 g/mol. The SMILES string of the molecule is Cc1noc(C2CCN(C(=O)c3csc(C)n3)CC2)n1. The van der Waals surface area contributed by atoms with Gasteiger partial charge in [-0.2, -0.15) is 4.98 Å². The zero-order chi connectivity index (χ0) is 14.1. The second-order valence-electron chi connectivity index (χ2n) is 5.00. The molecule has 7 heteroatoms. The predicted molar refractivity (Wildman–Crippen MR) is 73.8 cm³/mol. The molecule has 3 heterocycles. The predicted octanol–water partition coefficient (Wildman–Crippen LogP) is 2.16. The topological polar surface area (TPSA) is 72.1 Å². The number of aryl methyl sites for hydroxylation is 2. The van der Waals surface area contributed by atoms with Gasteiger partial charge in [0.15, 0.2) is 5.82 Å². The van der Waals surface area contributed by atoms with E-state index in [2.05, 4.69) is 15.1 Å². The van der Waals surface area contributed by atoms with Crippen LogP contribution in [0.5, 0.6) is 0 Å². The number of aromatic nitrogens is 3. The van der Waals surface area contributed by atoms with E-state index in [4.69, 9.17) is 4.52 Å². The Hall–Kier alpha value is -1.76. The van der Waals surface area contributed by atoms with Gasteiger partial charge in [0.05, 0.1) is 5.01 Å². The molecule has 0 atom stereocenters. The van der Waals surface area contributed by atoms with Crippen molar-refractivity contribution in [1.82, 2.24) is 20.0 Å². The zero-order valence-electron chi connectivity index (χ0n) is 11.5. The monoisotopic (exact) mass is 292 g/mol. The highest BCUT2D eigenvalue weighted by Crippen LogP contribution is 2.27. The Morgan fingerprint density at radius 1 is 1.35 bits per heavy atom. The van der Waals surface area contributed by atoms with E-state index in [0.29, 0.717) is 30.5 Å². The molecule has 0 aliphatic carbocycles. The first-order chi connectivity index (χ1) is 9.63. The molecule has 2 aromatic rings. The number of piperidine rings is 1. The summed E-state index contributed by atoms with van der Waals surface area (Å²) >= 11 is 1.51. The Morgan fingerprint density at radius 2 is 2.10 bits per heavy atom. The number of hydrogen-bond donors (Lipinski definition) is 0. The number of hydrogen-bond acceptors (Lipinski definition) is 6. The molecular weight excluding hydrogens is 276 g/mol. The van der Waals surface area contributed by atoms with Crippen molar-refractivity contribution in [3.63, 3.8) is 0 Å². The molecule has 0 saturated carbocycles.